The zero-order valence-corrected chi connectivity index (χ0v) is 11.4. The summed E-state index contributed by atoms with van der Waals surface area (Å²) < 4.78 is 0. The molecule has 0 saturated heterocycles. The van der Waals surface area contributed by atoms with E-state index < -0.39 is 10.9 Å². The number of aryl methyl sites for hydroxylation is 1. The molecule has 0 bridgehead atoms. The highest BCUT2D eigenvalue weighted by molar-refractivity contribution is 5.92. The lowest BCUT2D eigenvalue weighted by Gasteiger charge is -2.04. The Labute approximate surface area is 124 Å². The van der Waals surface area contributed by atoms with Crippen molar-refractivity contribution in [3.63, 3.8) is 0 Å². The lowest BCUT2D eigenvalue weighted by molar-refractivity contribution is -0.384. The Morgan fingerprint density at radius 2 is 1.73 bits per heavy atom. The zero-order chi connectivity index (χ0) is 16.3. The molecule has 112 valence electrons. The number of hydrogen-bond donors (Lipinski definition) is 2. The molecule has 0 unspecified atom stereocenters. The van der Waals surface area contributed by atoms with E-state index in [1.54, 1.807) is 6.92 Å². The molecule has 0 amide bonds. The molecule has 0 saturated carbocycles. The number of aromatic hydroxyl groups is 1. The molecule has 0 aliphatic rings. The third-order valence-electron chi connectivity index (χ3n) is 2.86. The van der Waals surface area contributed by atoms with Crippen molar-refractivity contribution in [1.82, 2.24) is 0 Å². The number of nitro groups is 1. The predicted molar refractivity (Wildman–Crippen MR) is 77.1 cm³/mol. The normalized spacial score (nSPS) is 10.8. The van der Waals surface area contributed by atoms with Gasteiger partial charge in [0.1, 0.15) is 11.3 Å². The Morgan fingerprint density at radius 1 is 1.14 bits per heavy atom. The van der Waals surface area contributed by atoms with E-state index in [2.05, 4.69) is 10.2 Å². The van der Waals surface area contributed by atoms with E-state index in [4.69, 9.17) is 5.11 Å². The number of nitrogens with zero attached hydrogens (tertiary/aromatic N) is 3. The first kappa shape index (κ1) is 15.1. The van der Waals surface area contributed by atoms with Gasteiger partial charge in [-0.15, -0.1) is 0 Å². The molecule has 0 heterocycles. The molecule has 0 fully saturated rings. The third-order valence-corrected chi connectivity index (χ3v) is 2.86. The summed E-state index contributed by atoms with van der Waals surface area (Å²) >= 11 is 0. The van der Waals surface area contributed by atoms with Crippen LogP contribution in [0.25, 0.3) is 0 Å². The van der Waals surface area contributed by atoms with Crippen molar-refractivity contribution in [1.29, 1.82) is 0 Å². The average Bonchev–Trinajstić information content (AvgIpc) is 2.48. The number of non-ortho nitro benzene ring substituents is 1. The largest absolute Gasteiger partial charge is 0.507 e. The number of rotatable bonds is 4. The minimum absolute atomic E-state index is 0.0624. The van der Waals surface area contributed by atoms with Crippen LogP contribution in [0.5, 0.6) is 5.75 Å². The van der Waals surface area contributed by atoms with Gasteiger partial charge in [0.25, 0.3) is 5.69 Å². The molecule has 0 spiro atoms. The highest BCUT2D eigenvalue weighted by Crippen LogP contribution is 2.29. The van der Waals surface area contributed by atoms with Gasteiger partial charge in [0.05, 0.1) is 16.3 Å². The quantitative estimate of drug-likeness (QED) is 0.505. The summed E-state index contributed by atoms with van der Waals surface area (Å²) in [6.45, 7) is 1.55. The van der Waals surface area contributed by atoms with E-state index >= 15 is 0 Å². The van der Waals surface area contributed by atoms with Crippen molar-refractivity contribution in [3.05, 3.63) is 57.6 Å². The number of aromatic carboxylic acids is 1. The van der Waals surface area contributed by atoms with Gasteiger partial charge >= 0.3 is 5.97 Å². The lowest BCUT2D eigenvalue weighted by atomic mass is 10.1. The second-order valence-electron chi connectivity index (χ2n) is 4.44. The van der Waals surface area contributed by atoms with E-state index in [1.807, 2.05) is 0 Å². The summed E-state index contributed by atoms with van der Waals surface area (Å²) in [5.41, 5.74) is 0.669. The molecule has 2 aromatic carbocycles. The number of nitro benzene ring substituents is 1. The van der Waals surface area contributed by atoms with Gasteiger partial charge in [0.15, 0.2) is 0 Å². The van der Waals surface area contributed by atoms with Crippen LogP contribution in [0, 0.1) is 17.0 Å². The first-order valence-corrected chi connectivity index (χ1v) is 6.11. The molecule has 2 N–H and O–H groups in total. The number of carbonyl (C=O) groups is 1. The lowest BCUT2D eigenvalue weighted by Crippen LogP contribution is -1.97. The summed E-state index contributed by atoms with van der Waals surface area (Å²) in [4.78, 5) is 21.0. The number of hydrogen-bond acceptors (Lipinski definition) is 6. The van der Waals surface area contributed by atoms with Crippen LogP contribution in [0.3, 0.4) is 0 Å². The average molecular weight is 301 g/mol. The van der Waals surface area contributed by atoms with Crippen LogP contribution in [-0.4, -0.2) is 21.1 Å². The first-order valence-electron chi connectivity index (χ1n) is 6.11. The first-order chi connectivity index (χ1) is 10.4. The summed E-state index contributed by atoms with van der Waals surface area (Å²) in [6.07, 6.45) is 0. The number of benzene rings is 2. The number of phenols is 1. The van der Waals surface area contributed by atoms with Crippen molar-refractivity contribution in [2.24, 2.45) is 10.2 Å². The van der Waals surface area contributed by atoms with E-state index in [-0.39, 0.29) is 22.7 Å². The van der Waals surface area contributed by atoms with Gasteiger partial charge < -0.3 is 10.2 Å². The molecular weight excluding hydrogens is 290 g/mol. The maximum atomic E-state index is 11.0. The van der Waals surface area contributed by atoms with E-state index in [1.165, 1.54) is 36.4 Å². The summed E-state index contributed by atoms with van der Waals surface area (Å²) in [5.74, 6) is -1.59. The zero-order valence-electron chi connectivity index (χ0n) is 11.4. The fourth-order valence-corrected chi connectivity index (χ4v) is 1.74. The molecule has 2 aromatic rings. The molecule has 0 aliphatic heterocycles. The molecule has 2 rings (SSSR count). The van der Waals surface area contributed by atoms with Gasteiger partial charge in [0, 0.05) is 12.1 Å². The molecular formula is C14H11N3O5. The fraction of sp³-hybridized carbons (Fsp3) is 0.0714. The smallest absolute Gasteiger partial charge is 0.339 e. The number of carboxylic acid groups (broad SMARTS) is 1. The maximum Gasteiger partial charge on any atom is 0.339 e. The minimum Gasteiger partial charge on any atom is -0.507 e. The van der Waals surface area contributed by atoms with Crippen LogP contribution in [0.2, 0.25) is 0 Å². The predicted octanol–water partition coefficient (Wildman–Crippen LogP) is 3.72. The van der Waals surface area contributed by atoms with Crippen molar-refractivity contribution >= 4 is 23.0 Å². The van der Waals surface area contributed by atoms with Crippen LogP contribution >= 0.6 is 0 Å². The van der Waals surface area contributed by atoms with Crippen LogP contribution in [0.1, 0.15) is 15.9 Å². The van der Waals surface area contributed by atoms with E-state index in [0.717, 1.165) is 0 Å². The molecule has 22 heavy (non-hydrogen) atoms. The number of carboxylic acids is 1. The van der Waals surface area contributed by atoms with Crippen molar-refractivity contribution in [3.8, 4) is 5.75 Å². The maximum absolute atomic E-state index is 11.0. The molecule has 0 atom stereocenters. The molecule has 8 heteroatoms. The minimum atomic E-state index is -1.27. The fourth-order valence-electron chi connectivity index (χ4n) is 1.74. The van der Waals surface area contributed by atoms with Crippen molar-refractivity contribution < 1.29 is 19.9 Å². The van der Waals surface area contributed by atoms with Crippen LogP contribution in [-0.2, 0) is 0 Å². The second-order valence-corrected chi connectivity index (χ2v) is 4.44. The Hall–Kier alpha value is -3.29. The van der Waals surface area contributed by atoms with Gasteiger partial charge in [-0.05, 0) is 36.8 Å². The van der Waals surface area contributed by atoms with E-state index in [9.17, 15) is 20.0 Å². The highest BCUT2D eigenvalue weighted by atomic mass is 16.6. The van der Waals surface area contributed by atoms with Crippen molar-refractivity contribution in [2.45, 2.75) is 6.92 Å². The van der Waals surface area contributed by atoms with Crippen molar-refractivity contribution in [2.75, 3.05) is 0 Å². The Balaban J connectivity index is 2.30. The molecule has 0 radical (unpaired) electrons. The Bertz CT molecular complexity index is 769. The summed E-state index contributed by atoms with van der Waals surface area (Å²) in [5, 5.41) is 36.9. The van der Waals surface area contributed by atoms with Gasteiger partial charge in [-0.1, -0.05) is 0 Å². The Kier molecular flexibility index (Phi) is 4.12. The Morgan fingerprint density at radius 3 is 2.27 bits per heavy atom. The second kappa shape index (κ2) is 6.00. The highest BCUT2D eigenvalue weighted by Gasteiger charge is 2.13. The molecule has 0 aromatic heterocycles. The SMILES string of the molecule is Cc1cc(N=Nc2ccc([N+](=O)[O-])cc2)cc(C(=O)O)c1O. The summed E-state index contributed by atoms with van der Waals surface area (Å²) in [6, 6.07) is 8.11. The van der Waals surface area contributed by atoms with Crippen LogP contribution in [0.15, 0.2) is 46.6 Å². The van der Waals surface area contributed by atoms with Crippen LogP contribution in [0.4, 0.5) is 17.1 Å². The standard InChI is InChI=1S/C14H11N3O5/c1-8-6-10(7-12(13(8)18)14(19)20)16-15-9-2-4-11(5-3-9)17(21)22/h2-7,18H,1H3,(H,19,20). The van der Waals surface area contributed by atoms with Gasteiger partial charge in [-0.3, -0.25) is 10.1 Å². The van der Waals surface area contributed by atoms with E-state index in [0.29, 0.717) is 11.3 Å². The van der Waals surface area contributed by atoms with Gasteiger partial charge in [-0.25, -0.2) is 4.79 Å². The summed E-state index contributed by atoms with van der Waals surface area (Å²) in [7, 11) is 0. The van der Waals surface area contributed by atoms with Gasteiger partial charge in [-0.2, -0.15) is 10.2 Å². The van der Waals surface area contributed by atoms with Crippen LogP contribution < -0.4 is 0 Å². The molecule has 0 aliphatic carbocycles. The molecule has 8 nitrogen and oxygen atoms in total. The third kappa shape index (κ3) is 3.23. The topological polar surface area (TPSA) is 125 Å². The monoisotopic (exact) mass is 301 g/mol. The number of azo groups is 1. The van der Waals surface area contributed by atoms with Gasteiger partial charge in [0.2, 0.25) is 0 Å².